The van der Waals surface area contributed by atoms with E-state index in [4.69, 9.17) is 16.3 Å². The average molecular weight is 499 g/mol. The van der Waals surface area contributed by atoms with Crippen LogP contribution in [0.3, 0.4) is 0 Å². The predicted octanol–water partition coefficient (Wildman–Crippen LogP) is 4.20. The summed E-state index contributed by atoms with van der Waals surface area (Å²) in [4.78, 5) is 23.1. The van der Waals surface area contributed by atoms with Crippen LogP contribution in [0.2, 0.25) is 5.02 Å². The van der Waals surface area contributed by atoms with Crippen LogP contribution in [0.15, 0.2) is 59.3 Å². The third kappa shape index (κ3) is 4.93. The molecule has 1 aliphatic heterocycles. The smallest absolute Gasteiger partial charge is 0.273 e. The number of ether oxygens (including phenoxy) is 1. The Bertz CT molecular complexity index is 1260. The topological polar surface area (TPSA) is 86.0 Å². The summed E-state index contributed by atoms with van der Waals surface area (Å²) in [6.07, 6.45) is 3.45. The molecule has 5 rings (SSSR count). The number of thioether (sulfide) groups is 1. The molecule has 0 atom stereocenters. The lowest BCUT2D eigenvalue weighted by atomic mass is 10.2. The monoisotopic (exact) mass is 498 g/mol. The van der Waals surface area contributed by atoms with Crippen molar-refractivity contribution >= 4 is 40.6 Å². The molecule has 4 heterocycles. The number of carbonyl (C=O) groups is 1. The first kappa shape index (κ1) is 22.0. The number of halogens is 1. The van der Waals surface area contributed by atoms with Crippen molar-refractivity contribution in [1.82, 2.24) is 29.6 Å². The number of rotatable bonds is 6. The van der Waals surface area contributed by atoms with Gasteiger partial charge in [0.15, 0.2) is 11.0 Å². The molecular formula is C22H19ClN6O2S2. The first-order valence-corrected chi connectivity index (χ1v) is 12.5. The van der Waals surface area contributed by atoms with Crippen molar-refractivity contribution in [1.29, 1.82) is 0 Å². The summed E-state index contributed by atoms with van der Waals surface area (Å²) in [5, 5.41) is 12.9. The van der Waals surface area contributed by atoms with Gasteiger partial charge in [0, 0.05) is 41.4 Å². The van der Waals surface area contributed by atoms with Crippen molar-refractivity contribution in [3.63, 3.8) is 0 Å². The van der Waals surface area contributed by atoms with Crippen LogP contribution < -0.4 is 0 Å². The second kappa shape index (κ2) is 10.0. The van der Waals surface area contributed by atoms with Gasteiger partial charge in [-0.05, 0) is 30.3 Å². The highest BCUT2D eigenvalue weighted by molar-refractivity contribution is 7.98. The van der Waals surface area contributed by atoms with Gasteiger partial charge in [-0.3, -0.25) is 14.3 Å². The van der Waals surface area contributed by atoms with Gasteiger partial charge < -0.3 is 9.64 Å². The Morgan fingerprint density at radius 1 is 1.15 bits per heavy atom. The SMILES string of the molecule is O=C(c1csc(CSc2nnc(-c3ccncc3)n2-c2cccc(Cl)c2)n1)N1CCOCC1. The molecule has 0 aliphatic carbocycles. The molecule has 168 valence electrons. The fourth-order valence-electron chi connectivity index (χ4n) is 3.43. The highest BCUT2D eigenvalue weighted by Gasteiger charge is 2.22. The Kier molecular flexibility index (Phi) is 6.68. The number of hydrogen-bond acceptors (Lipinski definition) is 8. The van der Waals surface area contributed by atoms with E-state index in [9.17, 15) is 4.79 Å². The van der Waals surface area contributed by atoms with Crippen molar-refractivity contribution in [2.75, 3.05) is 26.3 Å². The van der Waals surface area contributed by atoms with Gasteiger partial charge in [0.1, 0.15) is 10.7 Å². The zero-order valence-corrected chi connectivity index (χ0v) is 19.8. The number of carbonyl (C=O) groups excluding carboxylic acids is 1. The Balaban J connectivity index is 1.39. The number of amides is 1. The Morgan fingerprint density at radius 2 is 1.97 bits per heavy atom. The Labute approximate surface area is 203 Å². The van der Waals surface area contributed by atoms with Crippen LogP contribution in [0.25, 0.3) is 17.1 Å². The lowest BCUT2D eigenvalue weighted by molar-refractivity contribution is 0.0299. The predicted molar refractivity (Wildman–Crippen MR) is 128 cm³/mol. The number of hydrogen-bond donors (Lipinski definition) is 0. The van der Waals surface area contributed by atoms with Gasteiger partial charge in [0.25, 0.3) is 5.91 Å². The van der Waals surface area contributed by atoms with E-state index in [1.165, 1.54) is 23.1 Å². The molecule has 1 saturated heterocycles. The normalized spacial score (nSPS) is 13.9. The second-order valence-corrected chi connectivity index (χ2v) is 9.50. The molecule has 1 fully saturated rings. The zero-order chi connectivity index (χ0) is 22.6. The second-order valence-electron chi connectivity index (χ2n) is 7.18. The number of pyridine rings is 1. The van der Waals surface area contributed by atoms with Crippen molar-refractivity contribution in [3.05, 3.63) is 69.9 Å². The Morgan fingerprint density at radius 3 is 2.76 bits per heavy atom. The molecule has 11 heteroatoms. The first-order valence-electron chi connectivity index (χ1n) is 10.2. The van der Waals surface area contributed by atoms with Gasteiger partial charge in [0.05, 0.1) is 24.7 Å². The molecule has 1 amide bonds. The number of morpholine rings is 1. The molecule has 0 bridgehead atoms. The highest BCUT2D eigenvalue weighted by atomic mass is 35.5. The van der Waals surface area contributed by atoms with Crippen LogP contribution in [-0.2, 0) is 10.5 Å². The molecule has 3 aromatic heterocycles. The van der Waals surface area contributed by atoms with E-state index in [0.717, 1.165) is 16.3 Å². The summed E-state index contributed by atoms with van der Waals surface area (Å²) in [6.45, 7) is 2.33. The van der Waals surface area contributed by atoms with Crippen molar-refractivity contribution in [2.24, 2.45) is 0 Å². The minimum absolute atomic E-state index is 0.0483. The molecule has 8 nitrogen and oxygen atoms in total. The third-order valence-corrected chi connectivity index (χ3v) is 7.24. The number of aromatic nitrogens is 5. The fourth-order valence-corrected chi connectivity index (χ4v) is 5.35. The molecule has 0 spiro atoms. The minimum Gasteiger partial charge on any atom is -0.378 e. The maximum absolute atomic E-state index is 12.7. The molecule has 33 heavy (non-hydrogen) atoms. The number of benzene rings is 1. The third-order valence-electron chi connectivity index (χ3n) is 5.03. The van der Waals surface area contributed by atoms with Crippen LogP contribution in [0.1, 0.15) is 15.5 Å². The molecular weight excluding hydrogens is 480 g/mol. The quantitative estimate of drug-likeness (QED) is 0.368. The lowest BCUT2D eigenvalue weighted by Crippen LogP contribution is -2.40. The fraction of sp³-hybridized carbons (Fsp3) is 0.227. The van der Waals surface area contributed by atoms with E-state index >= 15 is 0 Å². The van der Waals surface area contributed by atoms with Crippen molar-refractivity contribution in [2.45, 2.75) is 10.9 Å². The summed E-state index contributed by atoms with van der Waals surface area (Å²) in [6, 6.07) is 11.4. The molecule has 0 saturated carbocycles. The molecule has 0 radical (unpaired) electrons. The van der Waals surface area contributed by atoms with Gasteiger partial charge in [0.2, 0.25) is 0 Å². The number of nitrogens with zero attached hydrogens (tertiary/aromatic N) is 6. The average Bonchev–Trinajstić information content (AvgIpc) is 3.51. The molecule has 0 unspecified atom stereocenters. The molecule has 4 aromatic rings. The maximum atomic E-state index is 12.7. The summed E-state index contributed by atoms with van der Waals surface area (Å²) in [5.41, 5.74) is 2.24. The lowest BCUT2D eigenvalue weighted by Gasteiger charge is -2.25. The van der Waals surface area contributed by atoms with Crippen LogP contribution in [0.4, 0.5) is 0 Å². The van der Waals surface area contributed by atoms with E-state index in [0.29, 0.717) is 53.8 Å². The standard InChI is InChI=1S/C22H19ClN6O2S2/c23-16-2-1-3-17(12-16)29-20(15-4-6-24-7-5-15)26-27-22(29)33-14-19-25-18(13-32-19)21(30)28-8-10-31-11-9-28/h1-7,12-13H,8-11,14H2. The van der Waals surface area contributed by atoms with Crippen molar-refractivity contribution in [3.8, 4) is 17.1 Å². The van der Waals surface area contributed by atoms with Crippen molar-refractivity contribution < 1.29 is 9.53 Å². The summed E-state index contributed by atoms with van der Waals surface area (Å²) < 4.78 is 7.30. The maximum Gasteiger partial charge on any atom is 0.273 e. The van der Waals surface area contributed by atoms with Gasteiger partial charge in [-0.2, -0.15) is 0 Å². The molecule has 1 aliphatic rings. The van der Waals surface area contributed by atoms with Crippen LogP contribution in [0, 0.1) is 0 Å². The molecule has 1 aromatic carbocycles. The zero-order valence-electron chi connectivity index (χ0n) is 17.4. The summed E-state index contributed by atoms with van der Waals surface area (Å²) in [7, 11) is 0. The van der Waals surface area contributed by atoms with Gasteiger partial charge in [-0.15, -0.1) is 21.5 Å². The van der Waals surface area contributed by atoms with E-state index in [1.807, 2.05) is 46.3 Å². The number of thiazole rings is 1. The largest absolute Gasteiger partial charge is 0.378 e. The van der Waals surface area contributed by atoms with E-state index < -0.39 is 0 Å². The van der Waals surface area contributed by atoms with E-state index in [-0.39, 0.29) is 5.91 Å². The van der Waals surface area contributed by atoms with Crippen LogP contribution >= 0.6 is 34.7 Å². The van der Waals surface area contributed by atoms with Crippen LogP contribution in [0.5, 0.6) is 0 Å². The van der Waals surface area contributed by atoms with Gasteiger partial charge in [-0.1, -0.05) is 29.4 Å². The van der Waals surface area contributed by atoms with Crippen LogP contribution in [-0.4, -0.2) is 61.8 Å². The van der Waals surface area contributed by atoms with E-state index in [2.05, 4.69) is 20.2 Å². The highest BCUT2D eigenvalue weighted by Crippen LogP contribution is 2.31. The van der Waals surface area contributed by atoms with Gasteiger partial charge in [-0.25, -0.2) is 4.98 Å². The van der Waals surface area contributed by atoms with E-state index in [1.54, 1.807) is 17.3 Å². The summed E-state index contributed by atoms with van der Waals surface area (Å²) >= 11 is 9.24. The minimum atomic E-state index is -0.0483. The Hall–Kier alpha value is -2.79. The molecule has 0 N–H and O–H groups in total. The van der Waals surface area contributed by atoms with Gasteiger partial charge >= 0.3 is 0 Å². The first-order chi connectivity index (χ1) is 16.2. The summed E-state index contributed by atoms with van der Waals surface area (Å²) in [5.74, 6) is 1.22.